The van der Waals surface area contributed by atoms with Crippen LogP contribution in [0.2, 0.25) is 0 Å². The van der Waals surface area contributed by atoms with E-state index in [-0.39, 0.29) is 24.3 Å². The number of carbonyl (C=O) groups is 2. The summed E-state index contributed by atoms with van der Waals surface area (Å²) in [6.07, 6.45) is 3.67. The van der Waals surface area contributed by atoms with E-state index in [1.54, 1.807) is 18.1 Å². The van der Waals surface area contributed by atoms with E-state index in [4.69, 9.17) is 4.74 Å². The summed E-state index contributed by atoms with van der Waals surface area (Å²) < 4.78 is 5.50. The number of fused-ring (bicyclic) bond motifs is 2. The van der Waals surface area contributed by atoms with Gasteiger partial charge in [0.15, 0.2) is 0 Å². The van der Waals surface area contributed by atoms with Crippen LogP contribution in [-0.4, -0.2) is 47.1 Å². The van der Waals surface area contributed by atoms with Crippen LogP contribution in [0.5, 0.6) is 5.75 Å². The number of aromatic amines is 1. The van der Waals surface area contributed by atoms with Crippen LogP contribution < -0.4 is 4.74 Å². The second kappa shape index (κ2) is 8.34. The Bertz CT molecular complexity index is 1670. The third-order valence-corrected chi connectivity index (χ3v) is 9.78. The van der Waals surface area contributed by atoms with Crippen molar-refractivity contribution in [1.29, 1.82) is 0 Å². The summed E-state index contributed by atoms with van der Waals surface area (Å²) >= 11 is 0. The molecule has 1 saturated carbocycles. The summed E-state index contributed by atoms with van der Waals surface area (Å²) in [4.78, 5) is 32.6. The molecule has 2 N–H and O–H groups in total. The molecule has 3 aliphatic carbocycles. The molecule has 196 valence electrons. The first-order valence-electron chi connectivity index (χ1n) is 13.4. The molecule has 1 aliphatic heterocycles. The van der Waals surface area contributed by atoms with Crippen LogP contribution in [0.25, 0.3) is 16.5 Å². The van der Waals surface area contributed by atoms with E-state index in [0.717, 1.165) is 34.9 Å². The number of benzene rings is 3. The average Bonchev–Trinajstić information content (AvgIpc) is 3.61. The van der Waals surface area contributed by atoms with Crippen LogP contribution in [0.3, 0.4) is 0 Å². The highest BCUT2D eigenvalue weighted by atomic mass is 16.5. The van der Waals surface area contributed by atoms with Crippen molar-refractivity contribution < 1.29 is 19.4 Å². The fourth-order valence-corrected chi connectivity index (χ4v) is 8.22. The Morgan fingerprint density at radius 1 is 1.03 bits per heavy atom. The predicted molar refractivity (Wildman–Crippen MR) is 150 cm³/mol. The van der Waals surface area contributed by atoms with Gasteiger partial charge >= 0.3 is 5.97 Å². The maximum atomic E-state index is 14.0. The smallest absolute Gasteiger partial charge is 0.312 e. The van der Waals surface area contributed by atoms with Crippen molar-refractivity contribution in [1.82, 2.24) is 9.88 Å². The molecule has 6 heteroatoms. The van der Waals surface area contributed by atoms with Crippen molar-refractivity contribution in [2.75, 3.05) is 20.2 Å². The van der Waals surface area contributed by atoms with E-state index in [0.29, 0.717) is 23.4 Å². The highest BCUT2D eigenvalue weighted by Crippen LogP contribution is 2.69. The summed E-state index contributed by atoms with van der Waals surface area (Å²) in [6.45, 7) is 4.65. The second-order valence-electron chi connectivity index (χ2n) is 11.2. The number of amides is 1. The highest BCUT2D eigenvalue weighted by molar-refractivity contribution is 6.19. The standard InChI is InChI=1S/C33H30N2O4/c1-20(21-9-5-8-14-28(21)39-2)30(36)35-18-29-32(26-17-34-27-13-7-4-11-23(26)27)16-15-25(33(29,19-35)31(37)38)22-10-3-6-12-24(22)32/h3-14,17,25,29,34H,1,15-16,18-19H2,2H3,(H,37,38). The molecular formula is C33H30N2O4. The van der Waals surface area contributed by atoms with Crippen LogP contribution in [0.15, 0.2) is 85.6 Å². The van der Waals surface area contributed by atoms with Crippen molar-refractivity contribution in [2.45, 2.75) is 24.2 Å². The van der Waals surface area contributed by atoms with E-state index in [9.17, 15) is 14.7 Å². The topological polar surface area (TPSA) is 82.6 Å². The molecule has 1 amide bonds. The summed E-state index contributed by atoms with van der Waals surface area (Å²) in [6, 6.07) is 23.9. The molecule has 1 saturated heterocycles. The lowest BCUT2D eigenvalue weighted by Crippen LogP contribution is -2.60. The van der Waals surface area contributed by atoms with Crippen LogP contribution in [0, 0.1) is 11.3 Å². The highest BCUT2D eigenvalue weighted by Gasteiger charge is 2.71. The Hall–Kier alpha value is -4.32. The number of nitrogens with zero attached hydrogens (tertiary/aromatic N) is 1. The Morgan fingerprint density at radius 3 is 2.59 bits per heavy atom. The zero-order valence-corrected chi connectivity index (χ0v) is 21.8. The van der Waals surface area contributed by atoms with Crippen LogP contribution in [0.4, 0.5) is 0 Å². The van der Waals surface area contributed by atoms with E-state index in [1.165, 1.54) is 5.56 Å². The van der Waals surface area contributed by atoms with Crippen LogP contribution >= 0.6 is 0 Å². The summed E-state index contributed by atoms with van der Waals surface area (Å²) in [5, 5.41) is 12.1. The van der Waals surface area contributed by atoms with Crippen molar-refractivity contribution in [3.05, 3.63) is 108 Å². The number of para-hydroxylation sites is 2. The SMILES string of the molecule is C=C(C(=O)N1CC2C3(c4c[nH]c5ccccc45)CCC(c4ccccc43)C2(C(=O)O)C1)c1ccccc1OC. The zero-order chi connectivity index (χ0) is 26.9. The van der Waals surface area contributed by atoms with Gasteiger partial charge in [-0.05, 0) is 41.7 Å². The average molecular weight is 519 g/mol. The van der Waals surface area contributed by atoms with Gasteiger partial charge in [-0.25, -0.2) is 0 Å². The summed E-state index contributed by atoms with van der Waals surface area (Å²) in [7, 11) is 1.57. The van der Waals surface area contributed by atoms with Gasteiger partial charge in [-0.2, -0.15) is 0 Å². The van der Waals surface area contributed by atoms with Gasteiger partial charge in [-0.1, -0.05) is 67.2 Å². The van der Waals surface area contributed by atoms with Crippen molar-refractivity contribution in [3.63, 3.8) is 0 Å². The number of likely N-dealkylation sites (tertiary alicyclic amines) is 1. The van der Waals surface area contributed by atoms with E-state index < -0.39 is 16.8 Å². The Kier molecular flexibility index (Phi) is 5.08. The first-order chi connectivity index (χ1) is 18.9. The van der Waals surface area contributed by atoms with Crippen molar-refractivity contribution in [3.8, 4) is 5.75 Å². The van der Waals surface area contributed by atoms with Gasteiger partial charge in [-0.3, -0.25) is 9.59 Å². The molecule has 4 aromatic rings. The largest absolute Gasteiger partial charge is 0.496 e. The van der Waals surface area contributed by atoms with Crippen molar-refractivity contribution in [2.24, 2.45) is 11.3 Å². The second-order valence-corrected chi connectivity index (χ2v) is 11.2. The Balaban J connectivity index is 1.41. The van der Waals surface area contributed by atoms with Crippen molar-refractivity contribution >= 4 is 28.4 Å². The molecule has 4 atom stereocenters. The van der Waals surface area contributed by atoms with Gasteiger partial charge in [-0.15, -0.1) is 0 Å². The summed E-state index contributed by atoms with van der Waals surface area (Å²) in [5.41, 5.74) is 3.77. The fraction of sp³-hybridized carbons (Fsp3) is 0.273. The lowest BCUT2D eigenvalue weighted by Gasteiger charge is -2.59. The maximum absolute atomic E-state index is 14.0. The lowest BCUT2D eigenvalue weighted by molar-refractivity contribution is -0.157. The Labute approximate surface area is 226 Å². The molecule has 6 nitrogen and oxygen atoms in total. The number of ether oxygens (including phenoxy) is 1. The molecular weight excluding hydrogens is 488 g/mol. The molecule has 2 heterocycles. The first kappa shape index (κ1) is 23.8. The summed E-state index contributed by atoms with van der Waals surface area (Å²) in [5.74, 6) is -0.949. The van der Waals surface area contributed by atoms with E-state index in [2.05, 4.69) is 48.1 Å². The molecule has 4 aliphatic rings. The lowest BCUT2D eigenvalue weighted by atomic mass is 9.42. The third kappa shape index (κ3) is 2.97. The molecule has 3 aromatic carbocycles. The number of aliphatic carboxylic acids is 1. The quantitative estimate of drug-likeness (QED) is 0.337. The molecule has 2 fully saturated rings. The van der Waals surface area contributed by atoms with Gasteiger partial charge in [0.2, 0.25) is 0 Å². The van der Waals surface area contributed by atoms with Gasteiger partial charge in [0.25, 0.3) is 5.91 Å². The predicted octanol–water partition coefficient (Wildman–Crippen LogP) is 5.60. The number of H-pyrrole nitrogens is 1. The zero-order valence-electron chi connectivity index (χ0n) is 21.8. The van der Waals surface area contributed by atoms with Crippen LogP contribution in [-0.2, 0) is 15.0 Å². The number of hydrogen-bond acceptors (Lipinski definition) is 3. The van der Waals surface area contributed by atoms with Crippen LogP contribution in [0.1, 0.15) is 41.0 Å². The molecule has 1 aromatic heterocycles. The molecule has 0 radical (unpaired) electrons. The Morgan fingerprint density at radius 2 is 1.77 bits per heavy atom. The number of aromatic nitrogens is 1. The van der Waals surface area contributed by atoms with Gasteiger partial charge in [0.1, 0.15) is 5.75 Å². The number of carboxylic acids is 1. The number of rotatable bonds is 5. The number of carbonyl (C=O) groups excluding carboxylic acids is 1. The van der Waals surface area contributed by atoms with Gasteiger partial charge in [0.05, 0.1) is 12.5 Å². The minimum absolute atomic E-state index is 0.156. The normalized spacial score (nSPS) is 26.7. The van der Waals surface area contributed by atoms with Gasteiger partial charge in [0, 0.05) is 58.6 Å². The fourth-order valence-electron chi connectivity index (χ4n) is 8.22. The number of hydrogen-bond donors (Lipinski definition) is 2. The molecule has 0 spiro atoms. The van der Waals surface area contributed by atoms with Gasteiger partial charge < -0.3 is 19.7 Å². The molecule has 4 unspecified atom stereocenters. The molecule has 39 heavy (non-hydrogen) atoms. The molecule has 8 rings (SSSR count). The third-order valence-electron chi connectivity index (χ3n) is 9.78. The first-order valence-corrected chi connectivity index (χ1v) is 13.4. The maximum Gasteiger partial charge on any atom is 0.312 e. The number of carboxylic acid groups (broad SMARTS) is 1. The minimum Gasteiger partial charge on any atom is -0.496 e. The minimum atomic E-state index is -1.10. The van der Waals surface area contributed by atoms with E-state index in [1.807, 2.05) is 36.4 Å². The van der Waals surface area contributed by atoms with E-state index >= 15 is 0 Å². The number of methoxy groups -OCH3 is 1. The number of nitrogens with one attached hydrogen (secondary N) is 1. The monoisotopic (exact) mass is 518 g/mol. The molecule has 2 bridgehead atoms.